The second kappa shape index (κ2) is 7.79. The van der Waals surface area contributed by atoms with Crippen LogP contribution in [-0.2, 0) is 19.3 Å². The molecule has 2 aromatic carbocycles. The summed E-state index contributed by atoms with van der Waals surface area (Å²) in [6, 6.07) is 19.4. The molecular weight excluding hydrogens is 368 g/mol. The lowest BCUT2D eigenvalue weighted by atomic mass is 10.1. The van der Waals surface area contributed by atoms with Crippen LogP contribution in [0.15, 0.2) is 60.8 Å². The average Bonchev–Trinajstić information content (AvgIpc) is 3.30. The Hall–Kier alpha value is -3.40. The first kappa shape index (κ1) is 18.6. The van der Waals surface area contributed by atoms with Crippen molar-refractivity contribution in [3.8, 4) is 0 Å². The molecule has 0 aliphatic carbocycles. The molecule has 0 aliphatic heterocycles. The monoisotopic (exact) mass is 394 g/mol. The summed E-state index contributed by atoms with van der Waals surface area (Å²) in [4.78, 5) is 16.3. The van der Waals surface area contributed by atoms with E-state index in [1.807, 2.05) is 0 Å². The van der Waals surface area contributed by atoms with Crippen LogP contribution >= 0.6 is 0 Å². The Morgan fingerprint density at radius 2 is 1.77 bits per heavy atom. The third-order valence-corrected chi connectivity index (χ3v) is 5.68. The van der Waals surface area contributed by atoms with Gasteiger partial charge in [-0.15, -0.1) is 0 Å². The summed E-state index contributed by atoms with van der Waals surface area (Å²) in [5.41, 5.74) is 8.37. The summed E-state index contributed by atoms with van der Waals surface area (Å²) in [5, 5.41) is 2.58. The number of aryl methyl sites for hydroxylation is 4. The highest BCUT2D eigenvalue weighted by atomic mass is 14.9. The van der Waals surface area contributed by atoms with Crippen LogP contribution in [0.25, 0.3) is 21.8 Å². The highest BCUT2D eigenvalue weighted by Crippen LogP contribution is 2.21. The van der Waals surface area contributed by atoms with E-state index in [1.54, 1.807) is 0 Å². The molecule has 0 spiro atoms. The fraction of sp³-hybridized carbons (Fsp3) is 0.231. The van der Waals surface area contributed by atoms with Crippen molar-refractivity contribution in [1.82, 2.24) is 19.9 Å². The molecule has 0 saturated carbocycles. The normalized spacial score (nSPS) is 11.5. The number of para-hydroxylation sites is 1. The zero-order valence-corrected chi connectivity index (χ0v) is 17.5. The number of rotatable bonds is 6. The van der Waals surface area contributed by atoms with Gasteiger partial charge in [0.2, 0.25) is 0 Å². The minimum atomic E-state index is 0.832. The first-order valence-electron chi connectivity index (χ1n) is 10.6. The SMILES string of the molecule is Cc1cc(Cc2ccc3[nH]c(C)cc3c2)nc(CCCc2c[nH]c3ccccc23)n1. The van der Waals surface area contributed by atoms with Crippen LogP contribution in [0.1, 0.15) is 40.5 Å². The molecule has 0 fully saturated rings. The summed E-state index contributed by atoms with van der Waals surface area (Å²) in [6.45, 7) is 4.16. The standard InChI is InChI=1S/C26H26N4/c1-17-12-21-14-19(10-11-24(21)28-17)15-22-13-18(2)29-26(30-22)9-5-6-20-16-27-25-8-4-3-7-23(20)25/h3-4,7-8,10-14,16,27-28H,5-6,9,15H2,1-2H3. The van der Waals surface area contributed by atoms with E-state index < -0.39 is 0 Å². The predicted molar refractivity (Wildman–Crippen MR) is 123 cm³/mol. The number of nitrogens with zero attached hydrogens (tertiary/aromatic N) is 2. The number of aromatic amines is 2. The topological polar surface area (TPSA) is 57.4 Å². The molecule has 0 bridgehead atoms. The van der Waals surface area contributed by atoms with Crippen LogP contribution in [-0.4, -0.2) is 19.9 Å². The van der Waals surface area contributed by atoms with E-state index in [-0.39, 0.29) is 0 Å². The van der Waals surface area contributed by atoms with E-state index in [0.29, 0.717) is 0 Å². The third kappa shape index (κ3) is 3.86. The lowest BCUT2D eigenvalue weighted by Gasteiger charge is -2.07. The van der Waals surface area contributed by atoms with Crippen molar-refractivity contribution in [2.24, 2.45) is 0 Å². The van der Waals surface area contributed by atoms with Crippen LogP contribution in [0.5, 0.6) is 0 Å². The second-order valence-corrected chi connectivity index (χ2v) is 8.18. The number of fused-ring (bicyclic) bond motifs is 2. The van der Waals surface area contributed by atoms with E-state index in [4.69, 9.17) is 4.98 Å². The first-order valence-corrected chi connectivity index (χ1v) is 10.6. The van der Waals surface area contributed by atoms with Gasteiger partial charge in [-0.3, -0.25) is 0 Å². The number of hydrogen-bond donors (Lipinski definition) is 2. The van der Waals surface area contributed by atoms with Crippen molar-refractivity contribution in [3.05, 3.63) is 94.8 Å². The minimum absolute atomic E-state index is 0.832. The molecule has 0 amide bonds. The number of aromatic nitrogens is 4. The first-order chi connectivity index (χ1) is 14.6. The predicted octanol–water partition coefficient (Wildman–Crippen LogP) is 5.82. The van der Waals surface area contributed by atoms with Crippen LogP contribution in [0.3, 0.4) is 0 Å². The van der Waals surface area contributed by atoms with Crippen molar-refractivity contribution >= 4 is 21.8 Å². The van der Waals surface area contributed by atoms with Gasteiger partial charge in [-0.25, -0.2) is 9.97 Å². The minimum Gasteiger partial charge on any atom is -0.361 e. The number of benzene rings is 2. The zero-order chi connectivity index (χ0) is 20.5. The Morgan fingerprint density at radius 1 is 0.867 bits per heavy atom. The van der Waals surface area contributed by atoms with Gasteiger partial charge < -0.3 is 9.97 Å². The van der Waals surface area contributed by atoms with Gasteiger partial charge in [0.1, 0.15) is 5.82 Å². The van der Waals surface area contributed by atoms with Crippen LogP contribution in [0.4, 0.5) is 0 Å². The maximum Gasteiger partial charge on any atom is 0.128 e. The number of hydrogen-bond acceptors (Lipinski definition) is 2. The molecule has 3 heterocycles. The van der Waals surface area contributed by atoms with Gasteiger partial charge in [0.15, 0.2) is 0 Å². The second-order valence-electron chi connectivity index (χ2n) is 8.18. The van der Waals surface area contributed by atoms with Crippen molar-refractivity contribution in [2.75, 3.05) is 0 Å². The van der Waals surface area contributed by atoms with Gasteiger partial charge >= 0.3 is 0 Å². The zero-order valence-electron chi connectivity index (χ0n) is 17.5. The Labute approximate surface area is 176 Å². The molecule has 4 nitrogen and oxygen atoms in total. The molecule has 0 radical (unpaired) electrons. The fourth-order valence-corrected chi connectivity index (χ4v) is 4.32. The third-order valence-electron chi connectivity index (χ3n) is 5.68. The van der Waals surface area contributed by atoms with Crippen molar-refractivity contribution in [2.45, 2.75) is 39.5 Å². The molecule has 0 aliphatic rings. The van der Waals surface area contributed by atoms with Gasteiger partial charge in [0, 0.05) is 52.5 Å². The molecule has 4 heteroatoms. The molecular formula is C26H26N4. The van der Waals surface area contributed by atoms with Crippen molar-refractivity contribution in [3.63, 3.8) is 0 Å². The Kier molecular flexibility index (Phi) is 4.83. The average molecular weight is 395 g/mol. The summed E-state index contributed by atoms with van der Waals surface area (Å²) >= 11 is 0. The van der Waals surface area contributed by atoms with Crippen LogP contribution in [0.2, 0.25) is 0 Å². The van der Waals surface area contributed by atoms with Crippen LogP contribution < -0.4 is 0 Å². The molecule has 5 rings (SSSR count). The maximum atomic E-state index is 4.87. The summed E-state index contributed by atoms with van der Waals surface area (Å²) < 4.78 is 0. The van der Waals surface area contributed by atoms with E-state index in [9.17, 15) is 0 Å². The lowest BCUT2D eigenvalue weighted by Crippen LogP contribution is -2.03. The largest absolute Gasteiger partial charge is 0.361 e. The molecule has 3 aromatic heterocycles. The van der Waals surface area contributed by atoms with Gasteiger partial charge in [0.25, 0.3) is 0 Å². The van der Waals surface area contributed by atoms with E-state index in [0.717, 1.165) is 42.9 Å². The maximum absolute atomic E-state index is 4.87. The quantitative estimate of drug-likeness (QED) is 0.381. The molecule has 150 valence electrons. The molecule has 0 saturated heterocycles. The molecule has 0 atom stereocenters. The van der Waals surface area contributed by atoms with Crippen molar-refractivity contribution < 1.29 is 0 Å². The Morgan fingerprint density at radius 3 is 2.70 bits per heavy atom. The van der Waals surface area contributed by atoms with E-state index in [2.05, 4.69) is 89.6 Å². The fourth-order valence-electron chi connectivity index (χ4n) is 4.32. The molecule has 2 N–H and O–H groups in total. The summed E-state index contributed by atoms with van der Waals surface area (Å²) in [7, 11) is 0. The number of H-pyrrole nitrogens is 2. The van der Waals surface area contributed by atoms with Gasteiger partial charge in [-0.05, 0) is 73.5 Å². The highest BCUT2D eigenvalue weighted by molar-refractivity contribution is 5.83. The van der Waals surface area contributed by atoms with Crippen molar-refractivity contribution in [1.29, 1.82) is 0 Å². The Balaban J connectivity index is 1.29. The van der Waals surface area contributed by atoms with Crippen LogP contribution in [0, 0.1) is 13.8 Å². The summed E-state index contributed by atoms with van der Waals surface area (Å²) in [6.07, 6.45) is 5.93. The smallest absolute Gasteiger partial charge is 0.128 e. The lowest BCUT2D eigenvalue weighted by molar-refractivity contribution is 0.758. The molecule has 0 unspecified atom stereocenters. The van der Waals surface area contributed by atoms with Gasteiger partial charge in [-0.2, -0.15) is 0 Å². The molecule has 5 aromatic rings. The highest BCUT2D eigenvalue weighted by Gasteiger charge is 2.07. The Bertz CT molecular complexity index is 1330. The summed E-state index contributed by atoms with van der Waals surface area (Å²) in [5.74, 6) is 0.948. The number of nitrogens with one attached hydrogen (secondary N) is 2. The van der Waals surface area contributed by atoms with E-state index >= 15 is 0 Å². The van der Waals surface area contributed by atoms with Gasteiger partial charge in [0.05, 0.1) is 0 Å². The molecule has 30 heavy (non-hydrogen) atoms. The van der Waals surface area contributed by atoms with Gasteiger partial charge in [-0.1, -0.05) is 24.3 Å². The van der Waals surface area contributed by atoms with E-state index in [1.165, 1.54) is 38.6 Å².